The van der Waals surface area contributed by atoms with Crippen molar-refractivity contribution in [3.63, 3.8) is 0 Å². The van der Waals surface area contributed by atoms with Crippen LogP contribution < -0.4 is 10.6 Å². The van der Waals surface area contributed by atoms with Gasteiger partial charge in [-0.1, -0.05) is 60.7 Å². The van der Waals surface area contributed by atoms with Crippen molar-refractivity contribution in [2.45, 2.75) is 96.2 Å². The topological polar surface area (TPSA) is 170 Å². The molecule has 2 aromatic carbocycles. The van der Waals surface area contributed by atoms with Crippen molar-refractivity contribution in [1.82, 2.24) is 20.4 Å². The summed E-state index contributed by atoms with van der Waals surface area (Å²) in [6.07, 6.45) is -2.76. The second-order valence-corrected chi connectivity index (χ2v) is 15.1. The first-order valence-electron chi connectivity index (χ1n) is 17.1. The predicted octanol–water partition coefficient (Wildman–Crippen LogP) is 4.59. The zero-order chi connectivity index (χ0) is 37.1. The Balaban J connectivity index is 1.44. The summed E-state index contributed by atoms with van der Waals surface area (Å²) in [5, 5.41) is 5.26. The molecule has 6 atom stereocenters. The van der Waals surface area contributed by atoms with Crippen molar-refractivity contribution < 1.29 is 47.7 Å². The number of hydrogen-bond acceptors (Lipinski definition) is 10. The fourth-order valence-electron chi connectivity index (χ4n) is 6.41. The largest absolute Gasteiger partial charge is 0.447 e. The van der Waals surface area contributed by atoms with E-state index in [9.17, 15) is 28.8 Å². The molecule has 274 valence electrons. The van der Waals surface area contributed by atoms with E-state index in [0.717, 1.165) is 20.9 Å². The van der Waals surface area contributed by atoms with Crippen LogP contribution in [-0.4, -0.2) is 94.6 Å². The molecular weight excluding hydrogens is 660 g/mol. The second-order valence-electron chi connectivity index (χ2n) is 15.1. The van der Waals surface area contributed by atoms with E-state index in [-0.39, 0.29) is 19.6 Å². The van der Waals surface area contributed by atoms with E-state index < -0.39 is 83.4 Å². The van der Waals surface area contributed by atoms with Crippen LogP contribution in [0.2, 0.25) is 0 Å². The molecule has 2 heterocycles. The minimum Gasteiger partial charge on any atom is -0.447 e. The van der Waals surface area contributed by atoms with Gasteiger partial charge in [0.05, 0.1) is 12.1 Å². The number of cyclic esters (lactones) is 2. The maximum atomic E-state index is 14.3. The Morgan fingerprint density at radius 2 is 1.02 bits per heavy atom. The van der Waals surface area contributed by atoms with Gasteiger partial charge in [0, 0.05) is 0 Å². The van der Waals surface area contributed by atoms with Gasteiger partial charge in [0.25, 0.3) is 11.8 Å². The first kappa shape index (κ1) is 37.1. The maximum absolute atomic E-state index is 14.3. The monoisotopic (exact) mass is 706 g/mol. The molecule has 51 heavy (non-hydrogen) atoms. The summed E-state index contributed by atoms with van der Waals surface area (Å²) in [5.41, 5.74) is -0.0865. The number of carbonyl (C=O) groups excluding carboxylic acids is 6. The molecule has 0 spiro atoms. The Hall–Kier alpha value is -5.14. The molecule has 1 saturated carbocycles. The third kappa shape index (κ3) is 9.56. The molecule has 2 saturated heterocycles. The molecule has 0 unspecified atom stereocenters. The number of carbonyl (C=O) groups is 6. The third-order valence-electron chi connectivity index (χ3n) is 8.65. The number of benzene rings is 2. The van der Waals surface area contributed by atoms with Crippen molar-refractivity contribution in [2.24, 2.45) is 11.8 Å². The van der Waals surface area contributed by atoms with Gasteiger partial charge in [-0.25, -0.2) is 29.0 Å². The predicted molar refractivity (Wildman–Crippen MR) is 182 cm³/mol. The lowest BCUT2D eigenvalue weighted by atomic mass is 10.0. The summed E-state index contributed by atoms with van der Waals surface area (Å²) < 4.78 is 21.5. The Kier molecular flexibility index (Phi) is 10.9. The Morgan fingerprint density at radius 3 is 1.35 bits per heavy atom. The molecule has 2 N–H and O–H groups in total. The molecule has 0 aromatic heterocycles. The summed E-state index contributed by atoms with van der Waals surface area (Å²) in [6, 6.07) is 14.5. The quantitative estimate of drug-likeness (QED) is 0.333. The Morgan fingerprint density at radius 1 is 0.667 bits per heavy atom. The van der Waals surface area contributed by atoms with Gasteiger partial charge in [0.2, 0.25) is 0 Å². The summed E-state index contributed by atoms with van der Waals surface area (Å²) in [7, 11) is 0. The summed E-state index contributed by atoms with van der Waals surface area (Å²) in [6.45, 7) is 9.89. The van der Waals surface area contributed by atoms with Crippen molar-refractivity contribution in [3.8, 4) is 0 Å². The van der Waals surface area contributed by atoms with Crippen LogP contribution in [0.1, 0.15) is 59.1 Å². The van der Waals surface area contributed by atoms with Gasteiger partial charge in [-0.2, -0.15) is 0 Å². The minimum atomic E-state index is -1.35. The number of ether oxygens (including phenoxy) is 4. The highest BCUT2D eigenvalue weighted by Crippen LogP contribution is 2.46. The lowest BCUT2D eigenvalue weighted by molar-refractivity contribution is -0.134. The van der Waals surface area contributed by atoms with Crippen LogP contribution >= 0.6 is 0 Å². The molecule has 14 nitrogen and oxygen atoms in total. The van der Waals surface area contributed by atoms with E-state index in [1.807, 2.05) is 60.7 Å². The highest BCUT2D eigenvalue weighted by atomic mass is 16.6. The summed E-state index contributed by atoms with van der Waals surface area (Å²) >= 11 is 0. The number of alkyl carbamates (subject to hydrolysis) is 2. The van der Waals surface area contributed by atoms with Gasteiger partial charge in [0.15, 0.2) is 0 Å². The molecule has 1 aliphatic carbocycles. The van der Waals surface area contributed by atoms with Gasteiger partial charge < -0.3 is 29.6 Å². The zero-order valence-electron chi connectivity index (χ0n) is 29.8. The van der Waals surface area contributed by atoms with Crippen LogP contribution in [0.15, 0.2) is 60.7 Å². The second kappa shape index (κ2) is 15.0. The number of nitrogens with zero attached hydrogens (tertiary/aromatic N) is 2. The normalized spacial score (nSPS) is 22.7. The van der Waals surface area contributed by atoms with E-state index >= 15 is 0 Å². The fourth-order valence-corrected chi connectivity index (χ4v) is 6.41. The van der Waals surface area contributed by atoms with Crippen LogP contribution in [0.3, 0.4) is 0 Å². The van der Waals surface area contributed by atoms with Gasteiger partial charge in [0.1, 0.15) is 36.5 Å². The van der Waals surface area contributed by atoms with Gasteiger partial charge in [-0.15, -0.1) is 0 Å². The molecule has 2 aromatic rings. The van der Waals surface area contributed by atoms with Gasteiger partial charge >= 0.3 is 24.4 Å². The maximum Gasteiger partial charge on any atom is 0.417 e. The zero-order valence-corrected chi connectivity index (χ0v) is 29.8. The summed E-state index contributed by atoms with van der Waals surface area (Å²) in [4.78, 5) is 83.0. The first-order chi connectivity index (χ1) is 24.0. The van der Waals surface area contributed by atoms with Crippen LogP contribution in [-0.2, 0) is 41.4 Å². The average Bonchev–Trinajstić information content (AvgIpc) is 3.62. The van der Waals surface area contributed by atoms with E-state index in [1.54, 1.807) is 41.5 Å². The lowest BCUT2D eigenvalue weighted by Crippen LogP contribution is -2.56. The van der Waals surface area contributed by atoms with Crippen LogP contribution in [0.4, 0.5) is 19.2 Å². The third-order valence-corrected chi connectivity index (χ3v) is 8.65. The van der Waals surface area contributed by atoms with Crippen LogP contribution in [0, 0.1) is 11.8 Å². The SMILES string of the molecule is CC(C)(C)OC(=O)N[C@H](C(=O)N1C(=O)OC[C@@H]1Cc1ccccc1)[C@@H]1C[C@H]1[C@H](NC(=O)OC(C)(C)C)C(=O)N1C(=O)OC[C@@H]1Cc1ccccc1. The molecule has 3 aliphatic rings. The highest BCUT2D eigenvalue weighted by Gasteiger charge is 2.57. The van der Waals surface area contributed by atoms with Crippen molar-refractivity contribution in [3.05, 3.63) is 71.8 Å². The molecule has 0 bridgehead atoms. The van der Waals surface area contributed by atoms with E-state index in [1.165, 1.54) is 0 Å². The summed E-state index contributed by atoms with van der Waals surface area (Å²) in [5.74, 6) is -3.01. The van der Waals surface area contributed by atoms with E-state index in [4.69, 9.17) is 18.9 Å². The van der Waals surface area contributed by atoms with Crippen LogP contribution in [0.25, 0.3) is 0 Å². The molecule has 14 heteroatoms. The lowest BCUT2D eigenvalue weighted by Gasteiger charge is -2.29. The highest BCUT2D eigenvalue weighted by molar-refractivity contribution is 6.00. The average molecular weight is 707 g/mol. The van der Waals surface area contributed by atoms with E-state index in [2.05, 4.69) is 10.6 Å². The first-order valence-corrected chi connectivity index (χ1v) is 17.1. The molecule has 5 rings (SSSR count). The van der Waals surface area contributed by atoms with E-state index in [0.29, 0.717) is 12.8 Å². The number of hydrogen-bond donors (Lipinski definition) is 2. The number of imide groups is 2. The molecule has 3 fully saturated rings. The van der Waals surface area contributed by atoms with Gasteiger partial charge in [-0.05, 0) is 83.8 Å². The number of nitrogens with one attached hydrogen (secondary N) is 2. The minimum absolute atomic E-state index is 0.0477. The molecule has 2 aliphatic heterocycles. The molecule has 0 radical (unpaired) electrons. The number of amides is 6. The van der Waals surface area contributed by atoms with Crippen molar-refractivity contribution >= 4 is 36.2 Å². The standard InChI is InChI=1S/C37H46N4O10/c1-36(2,3)50-32(44)38-28(30(42)40-24(20-48-34(40)46)17-22-13-9-7-10-14-22)26-19-27(26)29(39-33(45)51-37(4,5)6)31(43)41-25(21-49-35(41)47)18-23-15-11-8-12-16-23/h7-16,24-29H,17-21H2,1-6H3,(H,38,44)(H,39,45)/t24-,25-,26+,27+,28-,29-/m0/s1. The Labute approximate surface area is 297 Å². The van der Waals surface area contributed by atoms with Crippen LogP contribution in [0.5, 0.6) is 0 Å². The van der Waals surface area contributed by atoms with Crippen molar-refractivity contribution in [1.29, 1.82) is 0 Å². The fraction of sp³-hybridized carbons (Fsp3) is 0.514. The Bertz CT molecular complexity index is 1500. The van der Waals surface area contributed by atoms with Gasteiger partial charge in [-0.3, -0.25) is 9.59 Å². The smallest absolute Gasteiger partial charge is 0.417 e. The molecular formula is C37H46N4O10. The molecule has 6 amide bonds. The van der Waals surface area contributed by atoms with Crippen molar-refractivity contribution in [2.75, 3.05) is 13.2 Å². The number of rotatable bonds is 10.